The molecule has 55 heavy (non-hydrogen) atoms. The molecule has 1 heterocycles. The topological polar surface area (TPSA) is 0 Å². The number of aryl methyl sites for hydroxylation is 2. The summed E-state index contributed by atoms with van der Waals surface area (Å²) < 4.78 is 2.69. The first-order valence-corrected chi connectivity index (χ1v) is 20.0. The summed E-state index contributed by atoms with van der Waals surface area (Å²) in [5, 5.41) is 13.1. The second-order valence-electron chi connectivity index (χ2n) is 15.3. The maximum atomic E-state index is 2.44. The minimum absolute atomic E-state index is 1.26. The van der Waals surface area contributed by atoms with Crippen molar-refractivity contribution in [2.24, 2.45) is 0 Å². The molecule has 1 heteroatoms. The predicted molar refractivity (Wildman–Crippen MR) is 240 cm³/mol. The second-order valence-corrected chi connectivity index (χ2v) is 16.4. The first-order chi connectivity index (χ1) is 27.1. The first kappa shape index (κ1) is 30.9. The Labute approximate surface area is 323 Å². The van der Waals surface area contributed by atoms with Crippen LogP contribution in [-0.2, 0) is 0 Å². The lowest BCUT2D eigenvalue weighted by atomic mass is 9.82. The van der Waals surface area contributed by atoms with Crippen molar-refractivity contribution in [1.29, 1.82) is 0 Å². The van der Waals surface area contributed by atoms with Gasteiger partial charge < -0.3 is 0 Å². The summed E-state index contributed by atoms with van der Waals surface area (Å²) in [4.78, 5) is 0. The normalized spacial score (nSPS) is 12.2. The third kappa shape index (κ3) is 4.39. The summed E-state index contributed by atoms with van der Waals surface area (Å²) in [6, 6.07) is 64.2. The monoisotopic (exact) mass is 714 g/mol. The Balaban J connectivity index is 1.23. The third-order valence-corrected chi connectivity index (χ3v) is 13.3. The lowest BCUT2D eigenvalue weighted by Crippen LogP contribution is -1.93. The number of thiophene rings is 1. The van der Waals surface area contributed by atoms with Crippen molar-refractivity contribution in [2.45, 2.75) is 13.8 Å². The molecule has 0 aliphatic heterocycles. The quantitative estimate of drug-likeness (QED) is 0.171. The average molecular weight is 715 g/mol. The molecule has 0 atom stereocenters. The minimum atomic E-state index is 1.26. The highest BCUT2D eigenvalue weighted by atomic mass is 32.1. The molecule has 0 radical (unpaired) electrons. The maximum absolute atomic E-state index is 2.44. The van der Waals surface area contributed by atoms with Crippen LogP contribution in [0.25, 0.3) is 119 Å². The van der Waals surface area contributed by atoms with E-state index in [1.807, 2.05) is 11.3 Å². The molecule has 0 unspecified atom stereocenters. The fourth-order valence-electron chi connectivity index (χ4n) is 9.58. The lowest BCUT2D eigenvalue weighted by Gasteiger charge is -2.20. The fourth-order valence-corrected chi connectivity index (χ4v) is 10.9. The van der Waals surface area contributed by atoms with Crippen LogP contribution in [0.4, 0.5) is 0 Å². The van der Waals surface area contributed by atoms with E-state index in [0.29, 0.717) is 0 Å². The van der Waals surface area contributed by atoms with Gasteiger partial charge in [0.25, 0.3) is 0 Å². The highest BCUT2D eigenvalue weighted by Gasteiger charge is 2.31. The molecular weight excluding hydrogens is 681 g/mol. The van der Waals surface area contributed by atoms with Gasteiger partial charge in [0.1, 0.15) is 0 Å². The lowest BCUT2D eigenvalue weighted by molar-refractivity contribution is 1.47. The smallest absolute Gasteiger partial charge is 0.0440 e. The van der Waals surface area contributed by atoms with Crippen LogP contribution in [0.3, 0.4) is 0 Å². The molecule has 12 rings (SSSR count). The van der Waals surface area contributed by atoms with Crippen molar-refractivity contribution in [1.82, 2.24) is 0 Å². The molecule has 0 fully saturated rings. The van der Waals surface area contributed by atoms with E-state index in [4.69, 9.17) is 0 Å². The highest BCUT2D eigenvalue weighted by Crippen LogP contribution is 2.59. The molecule has 0 saturated heterocycles. The Hall–Kier alpha value is -6.54. The zero-order valence-electron chi connectivity index (χ0n) is 30.6. The molecule has 256 valence electrons. The van der Waals surface area contributed by atoms with Gasteiger partial charge in [-0.05, 0) is 125 Å². The largest absolute Gasteiger partial charge is 0.134 e. The molecule has 0 N–H and O–H groups in total. The molecule has 1 aliphatic rings. The zero-order valence-corrected chi connectivity index (χ0v) is 31.4. The van der Waals surface area contributed by atoms with Crippen molar-refractivity contribution in [3.8, 4) is 55.6 Å². The van der Waals surface area contributed by atoms with E-state index in [-0.39, 0.29) is 0 Å². The molecule has 0 spiro atoms. The zero-order chi connectivity index (χ0) is 36.4. The van der Waals surface area contributed by atoms with Crippen LogP contribution in [0.15, 0.2) is 170 Å². The maximum Gasteiger partial charge on any atom is 0.0440 e. The Bertz CT molecular complexity index is 3320. The Morgan fingerprint density at radius 2 is 0.836 bits per heavy atom. The molecule has 0 amide bonds. The van der Waals surface area contributed by atoms with Gasteiger partial charge in [-0.25, -0.2) is 0 Å². The van der Waals surface area contributed by atoms with E-state index in [1.165, 1.54) is 130 Å². The number of rotatable bonds is 3. The van der Waals surface area contributed by atoms with Crippen LogP contribution >= 0.6 is 11.3 Å². The molecule has 0 nitrogen and oxygen atoms in total. The van der Waals surface area contributed by atoms with E-state index in [9.17, 15) is 0 Å². The summed E-state index contributed by atoms with van der Waals surface area (Å²) in [5.41, 5.74) is 15.6. The fraction of sp³-hybridized carbons (Fsp3) is 0.0370. The van der Waals surface area contributed by atoms with E-state index in [2.05, 4.69) is 184 Å². The average Bonchev–Trinajstić information content (AvgIpc) is 3.75. The van der Waals surface area contributed by atoms with Crippen LogP contribution in [0.2, 0.25) is 0 Å². The van der Waals surface area contributed by atoms with Crippen LogP contribution in [-0.4, -0.2) is 0 Å². The molecular formula is C54H34S. The van der Waals surface area contributed by atoms with Crippen LogP contribution in [0.1, 0.15) is 11.1 Å². The summed E-state index contributed by atoms with van der Waals surface area (Å²) in [7, 11) is 0. The van der Waals surface area contributed by atoms with Gasteiger partial charge >= 0.3 is 0 Å². The van der Waals surface area contributed by atoms with Gasteiger partial charge in [0, 0.05) is 25.7 Å². The van der Waals surface area contributed by atoms with Crippen molar-refractivity contribution >= 4 is 74.6 Å². The van der Waals surface area contributed by atoms with E-state index in [0.717, 1.165) is 0 Å². The highest BCUT2D eigenvalue weighted by molar-refractivity contribution is 7.26. The van der Waals surface area contributed by atoms with Crippen LogP contribution < -0.4 is 0 Å². The van der Waals surface area contributed by atoms with Gasteiger partial charge in [-0.2, -0.15) is 0 Å². The summed E-state index contributed by atoms with van der Waals surface area (Å²) in [6.45, 7) is 4.35. The summed E-state index contributed by atoms with van der Waals surface area (Å²) >= 11 is 1.94. The predicted octanol–water partition coefficient (Wildman–Crippen LogP) is 15.9. The van der Waals surface area contributed by atoms with Crippen molar-refractivity contribution < 1.29 is 0 Å². The SMILES string of the molecule is Cc1ccc(-c2c3c(c(-c4ccc(C)cc4)c4ccccc24)-c2ccc(-c4c5ccccc5cc5c4sc4cc6ccccc6cc45)c4cccc-3c24)cc1. The van der Waals surface area contributed by atoms with E-state index in [1.54, 1.807) is 0 Å². The van der Waals surface area contributed by atoms with Gasteiger partial charge in [0.05, 0.1) is 0 Å². The Kier molecular flexibility index (Phi) is 6.44. The molecule has 10 aromatic carbocycles. The Morgan fingerprint density at radius 3 is 1.49 bits per heavy atom. The number of hydrogen-bond acceptors (Lipinski definition) is 1. The number of benzene rings is 10. The summed E-state index contributed by atoms with van der Waals surface area (Å²) in [6.07, 6.45) is 0. The molecule has 11 aromatic rings. The van der Waals surface area contributed by atoms with Gasteiger partial charge in [-0.3, -0.25) is 0 Å². The van der Waals surface area contributed by atoms with Gasteiger partial charge in [-0.15, -0.1) is 11.3 Å². The second kappa shape index (κ2) is 11.5. The third-order valence-electron chi connectivity index (χ3n) is 12.1. The van der Waals surface area contributed by atoms with Crippen molar-refractivity contribution in [2.75, 3.05) is 0 Å². The number of hydrogen-bond donors (Lipinski definition) is 0. The van der Waals surface area contributed by atoms with Crippen LogP contribution in [0, 0.1) is 13.8 Å². The first-order valence-electron chi connectivity index (χ1n) is 19.2. The van der Waals surface area contributed by atoms with Crippen LogP contribution in [0.5, 0.6) is 0 Å². The molecule has 0 bridgehead atoms. The van der Waals surface area contributed by atoms with E-state index < -0.39 is 0 Å². The standard InChI is InChI=1S/C54H34S/c1-31-18-22-33(23-19-31)48-39-14-7-8-15-40(39)49(34-24-20-32(2)21-25-34)53-44-27-26-42(41-16-9-17-43(50(41)44)52(48)53)51-38-13-6-5-12-37(38)29-46-45-28-35-10-3-4-11-36(35)30-47(45)55-54(46)51/h3-30H,1-2H3. The number of fused-ring (bicyclic) bond motifs is 9. The summed E-state index contributed by atoms with van der Waals surface area (Å²) in [5.74, 6) is 0. The van der Waals surface area contributed by atoms with Crippen molar-refractivity contribution in [3.63, 3.8) is 0 Å². The van der Waals surface area contributed by atoms with Gasteiger partial charge in [0.2, 0.25) is 0 Å². The van der Waals surface area contributed by atoms with Crippen molar-refractivity contribution in [3.05, 3.63) is 181 Å². The molecule has 0 saturated carbocycles. The van der Waals surface area contributed by atoms with Gasteiger partial charge in [0.15, 0.2) is 0 Å². The van der Waals surface area contributed by atoms with E-state index >= 15 is 0 Å². The Morgan fingerprint density at radius 1 is 0.327 bits per heavy atom. The minimum Gasteiger partial charge on any atom is -0.134 e. The van der Waals surface area contributed by atoms with Gasteiger partial charge in [-0.1, -0.05) is 163 Å². The molecule has 1 aromatic heterocycles. The molecule has 1 aliphatic carbocycles.